The number of carbonyl (C=O) groups excluding carboxylic acids is 2. The van der Waals surface area contributed by atoms with E-state index in [-0.39, 0.29) is 30.4 Å². The third-order valence-corrected chi connectivity index (χ3v) is 7.13. The number of carbonyl (C=O) groups is 2. The summed E-state index contributed by atoms with van der Waals surface area (Å²) in [5, 5.41) is 14.2. The van der Waals surface area contributed by atoms with E-state index in [1.165, 1.54) is 41.3 Å². The number of nitrogens with zero attached hydrogens (tertiary/aromatic N) is 3. The molecule has 0 saturated carbocycles. The van der Waals surface area contributed by atoms with Crippen molar-refractivity contribution in [1.29, 1.82) is 0 Å². The molecule has 0 aliphatic heterocycles. The largest absolute Gasteiger partial charge is 0.352 e. The topological polar surface area (TPSA) is 130 Å². The van der Waals surface area contributed by atoms with Crippen LogP contribution in [0.5, 0.6) is 0 Å². The molecule has 0 radical (unpaired) electrons. The van der Waals surface area contributed by atoms with Gasteiger partial charge in [-0.25, -0.2) is 12.8 Å². The third-order valence-electron chi connectivity index (χ3n) is 6.00. The number of benzene rings is 2. The van der Waals surface area contributed by atoms with E-state index in [0.717, 1.165) is 16.6 Å². The molecule has 0 aliphatic carbocycles. The molecule has 2 aromatic carbocycles. The van der Waals surface area contributed by atoms with E-state index in [4.69, 9.17) is 0 Å². The van der Waals surface area contributed by atoms with Gasteiger partial charge in [-0.15, -0.1) is 0 Å². The molecule has 12 heteroatoms. The number of non-ortho nitro benzene ring substituents is 1. The average Bonchev–Trinajstić information content (AvgIpc) is 2.83. The number of aryl methyl sites for hydroxylation is 1. The summed E-state index contributed by atoms with van der Waals surface area (Å²) in [5.41, 5.74) is 0.616. The van der Waals surface area contributed by atoms with Gasteiger partial charge in [-0.1, -0.05) is 32.0 Å². The van der Waals surface area contributed by atoms with Crippen molar-refractivity contribution < 1.29 is 27.3 Å². The van der Waals surface area contributed by atoms with Crippen molar-refractivity contribution in [3.63, 3.8) is 0 Å². The second kappa shape index (κ2) is 12.6. The van der Waals surface area contributed by atoms with Gasteiger partial charge in [-0.2, -0.15) is 0 Å². The van der Waals surface area contributed by atoms with Crippen LogP contribution < -0.4 is 9.62 Å². The SMILES string of the molecule is CC[C@H](C(=O)N[C@@H](C)CC)N(Cc1ccc(F)cc1)C(=O)CN(c1cc([N+](=O)[O-])ccc1C)S(C)(=O)=O. The van der Waals surface area contributed by atoms with Gasteiger partial charge in [0, 0.05) is 24.7 Å². The minimum absolute atomic E-state index is 0.0103. The molecule has 2 amide bonds. The normalized spacial score (nSPS) is 12.9. The number of nitrogens with one attached hydrogen (secondary N) is 1. The Hall–Kier alpha value is -3.54. The van der Waals surface area contributed by atoms with E-state index in [1.807, 2.05) is 13.8 Å². The van der Waals surface area contributed by atoms with Gasteiger partial charge >= 0.3 is 0 Å². The van der Waals surface area contributed by atoms with Crippen LogP contribution >= 0.6 is 0 Å². The first-order valence-corrected chi connectivity index (χ1v) is 13.7. The zero-order valence-corrected chi connectivity index (χ0v) is 22.4. The van der Waals surface area contributed by atoms with Crippen molar-refractivity contribution in [3.05, 3.63) is 69.5 Å². The fourth-order valence-corrected chi connectivity index (χ4v) is 4.62. The Morgan fingerprint density at radius 3 is 2.24 bits per heavy atom. The van der Waals surface area contributed by atoms with Crippen LogP contribution in [-0.2, 0) is 26.2 Å². The quantitative estimate of drug-likeness (QED) is 0.326. The van der Waals surface area contributed by atoms with Gasteiger partial charge in [0.15, 0.2) is 0 Å². The van der Waals surface area contributed by atoms with Crippen molar-refractivity contribution >= 4 is 33.2 Å². The smallest absolute Gasteiger partial charge is 0.271 e. The summed E-state index contributed by atoms with van der Waals surface area (Å²) in [7, 11) is -4.05. The molecule has 0 fully saturated rings. The van der Waals surface area contributed by atoms with Gasteiger partial charge in [0.2, 0.25) is 21.8 Å². The number of sulfonamides is 1. The second-order valence-electron chi connectivity index (χ2n) is 8.89. The summed E-state index contributed by atoms with van der Waals surface area (Å²) in [6.07, 6.45) is 1.81. The summed E-state index contributed by atoms with van der Waals surface area (Å²) < 4.78 is 39.8. The van der Waals surface area contributed by atoms with E-state index in [2.05, 4.69) is 5.32 Å². The highest BCUT2D eigenvalue weighted by atomic mass is 32.2. The lowest BCUT2D eigenvalue weighted by molar-refractivity contribution is -0.384. The third kappa shape index (κ3) is 7.97. The number of halogens is 1. The van der Waals surface area contributed by atoms with E-state index in [1.54, 1.807) is 13.8 Å². The van der Waals surface area contributed by atoms with Crippen LogP contribution in [0.25, 0.3) is 0 Å². The molecular weight excluding hydrogens is 503 g/mol. The molecule has 0 saturated heterocycles. The zero-order valence-electron chi connectivity index (χ0n) is 21.6. The molecule has 0 spiro atoms. The fraction of sp³-hybridized carbons (Fsp3) is 0.440. The van der Waals surface area contributed by atoms with Crippen LogP contribution in [0.4, 0.5) is 15.8 Å². The number of amides is 2. The first kappa shape index (κ1) is 29.7. The predicted octanol–water partition coefficient (Wildman–Crippen LogP) is 3.53. The number of nitro groups is 1. The molecule has 2 rings (SSSR count). The maximum Gasteiger partial charge on any atom is 0.271 e. The highest BCUT2D eigenvalue weighted by Gasteiger charge is 2.33. The predicted molar refractivity (Wildman–Crippen MR) is 139 cm³/mol. The summed E-state index contributed by atoms with van der Waals surface area (Å²) in [4.78, 5) is 38.7. The van der Waals surface area contributed by atoms with Crippen LogP contribution in [0.2, 0.25) is 0 Å². The molecular formula is C25H33FN4O6S. The Bertz CT molecular complexity index is 1240. The van der Waals surface area contributed by atoms with E-state index in [9.17, 15) is 32.5 Å². The molecule has 0 aromatic heterocycles. The summed E-state index contributed by atoms with van der Waals surface area (Å²) in [6, 6.07) is 8.09. The molecule has 2 atom stereocenters. The molecule has 1 N–H and O–H groups in total. The van der Waals surface area contributed by atoms with E-state index < -0.39 is 45.2 Å². The van der Waals surface area contributed by atoms with Crippen LogP contribution in [0.1, 0.15) is 44.7 Å². The van der Waals surface area contributed by atoms with Gasteiger partial charge in [0.25, 0.3) is 5.69 Å². The first-order chi connectivity index (χ1) is 17.3. The molecule has 2 aromatic rings. The van der Waals surface area contributed by atoms with Gasteiger partial charge in [-0.05, 0) is 49.9 Å². The van der Waals surface area contributed by atoms with Gasteiger partial charge < -0.3 is 10.2 Å². The number of rotatable bonds is 12. The molecule has 202 valence electrons. The number of anilines is 1. The number of hydrogen-bond donors (Lipinski definition) is 1. The Balaban J connectivity index is 2.52. The van der Waals surface area contributed by atoms with Gasteiger partial charge in [0.1, 0.15) is 18.4 Å². The van der Waals surface area contributed by atoms with Crippen molar-refractivity contribution in [2.24, 2.45) is 0 Å². The van der Waals surface area contributed by atoms with E-state index in [0.29, 0.717) is 17.5 Å². The lowest BCUT2D eigenvalue weighted by Crippen LogP contribution is -2.53. The monoisotopic (exact) mass is 536 g/mol. The van der Waals surface area contributed by atoms with Gasteiger partial charge in [0.05, 0.1) is 16.9 Å². The van der Waals surface area contributed by atoms with Crippen LogP contribution in [0, 0.1) is 22.9 Å². The van der Waals surface area contributed by atoms with Crippen LogP contribution in [0.15, 0.2) is 42.5 Å². The molecule has 10 nitrogen and oxygen atoms in total. The first-order valence-electron chi connectivity index (χ1n) is 11.8. The maximum atomic E-state index is 13.7. The Kier molecular flexibility index (Phi) is 10.1. The minimum atomic E-state index is -4.05. The average molecular weight is 537 g/mol. The highest BCUT2D eigenvalue weighted by molar-refractivity contribution is 7.92. The molecule has 0 heterocycles. The van der Waals surface area contributed by atoms with Crippen LogP contribution in [-0.4, -0.2) is 54.9 Å². The molecule has 0 aliphatic rings. The van der Waals surface area contributed by atoms with Crippen LogP contribution in [0.3, 0.4) is 0 Å². The van der Waals surface area contributed by atoms with Crippen molar-refractivity contribution in [2.45, 2.75) is 59.2 Å². The minimum Gasteiger partial charge on any atom is -0.352 e. The lowest BCUT2D eigenvalue weighted by atomic mass is 10.1. The van der Waals surface area contributed by atoms with Crippen molar-refractivity contribution in [3.8, 4) is 0 Å². The second-order valence-corrected chi connectivity index (χ2v) is 10.8. The standard InChI is InChI=1S/C25H33FN4O6S/c1-6-18(4)27-25(32)22(7-2)28(15-19-9-11-20(26)12-10-19)24(31)16-29(37(5,35)36)23-14-21(30(33)34)13-8-17(23)3/h8-14,18,22H,6-7,15-16H2,1-5H3,(H,27,32)/t18-,22+/m0/s1. The van der Waals surface area contributed by atoms with Gasteiger partial charge in [-0.3, -0.25) is 24.0 Å². The van der Waals surface area contributed by atoms with E-state index >= 15 is 0 Å². The summed E-state index contributed by atoms with van der Waals surface area (Å²) >= 11 is 0. The Morgan fingerprint density at radius 1 is 1.11 bits per heavy atom. The molecule has 0 bridgehead atoms. The molecule has 0 unspecified atom stereocenters. The Morgan fingerprint density at radius 2 is 1.73 bits per heavy atom. The number of nitro benzene ring substituents is 1. The highest BCUT2D eigenvalue weighted by Crippen LogP contribution is 2.28. The van der Waals surface area contributed by atoms with Crippen molar-refractivity contribution in [1.82, 2.24) is 10.2 Å². The zero-order chi connectivity index (χ0) is 27.9. The van der Waals surface area contributed by atoms with Crippen molar-refractivity contribution in [2.75, 3.05) is 17.1 Å². The fourth-order valence-electron chi connectivity index (χ4n) is 3.72. The number of hydrogen-bond acceptors (Lipinski definition) is 6. The lowest BCUT2D eigenvalue weighted by Gasteiger charge is -2.33. The Labute approximate surface area is 216 Å². The summed E-state index contributed by atoms with van der Waals surface area (Å²) in [6.45, 7) is 6.27. The summed E-state index contributed by atoms with van der Waals surface area (Å²) in [5.74, 6) is -1.55. The maximum absolute atomic E-state index is 13.7. The molecule has 37 heavy (non-hydrogen) atoms.